The third-order valence-corrected chi connectivity index (χ3v) is 2.73. The number of rotatable bonds is 8. The summed E-state index contributed by atoms with van der Waals surface area (Å²) < 4.78 is 10.9. The van der Waals surface area contributed by atoms with Crippen LogP contribution in [0.2, 0.25) is 0 Å². The summed E-state index contributed by atoms with van der Waals surface area (Å²) in [6.07, 6.45) is 0.798. The normalized spacial score (nSPS) is 10.9. The second-order valence-electron chi connectivity index (χ2n) is 3.03. The topological polar surface area (TPSA) is 30.5 Å². The molecule has 3 nitrogen and oxygen atoms in total. The van der Waals surface area contributed by atoms with E-state index in [1.165, 1.54) is 5.00 Å². The van der Waals surface area contributed by atoms with Crippen molar-refractivity contribution >= 4 is 16.3 Å². The van der Waals surface area contributed by atoms with Gasteiger partial charge in [0, 0.05) is 26.2 Å². The highest BCUT2D eigenvalue weighted by molar-refractivity contribution is 7.14. The molecule has 0 unspecified atom stereocenters. The standard InChI is InChI=1S/C11H19NO2S/c1-3-13-11(14-4-2)7-8-12-10-6-5-9-15-10/h5-6,9,11-12H,3-4,7-8H2,1-2H3. The van der Waals surface area contributed by atoms with Gasteiger partial charge in [0.15, 0.2) is 6.29 Å². The van der Waals surface area contributed by atoms with Gasteiger partial charge in [0.2, 0.25) is 0 Å². The summed E-state index contributed by atoms with van der Waals surface area (Å²) in [6.45, 7) is 6.25. The minimum atomic E-state index is -0.0764. The van der Waals surface area contributed by atoms with Gasteiger partial charge in [0.25, 0.3) is 0 Å². The molecule has 86 valence electrons. The zero-order valence-electron chi connectivity index (χ0n) is 9.36. The van der Waals surface area contributed by atoms with Crippen molar-refractivity contribution in [1.82, 2.24) is 0 Å². The summed E-state index contributed by atoms with van der Waals surface area (Å²) in [5, 5.41) is 6.59. The minimum Gasteiger partial charge on any atom is -0.377 e. The maximum absolute atomic E-state index is 5.44. The van der Waals surface area contributed by atoms with Crippen molar-refractivity contribution in [2.75, 3.05) is 25.1 Å². The molecule has 1 rings (SSSR count). The van der Waals surface area contributed by atoms with Crippen molar-refractivity contribution in [3.8, 4) is 0 Å². The Balaban J connectivity index is 2.15. The molecule has 1 aromatic rings. The quantitative estimate of drug-likeness (QED) is 0.695. The van der Waals surface area contributed by atoms with E-state index >= 15 is 0 Å². The van der Waals surface area contributed by atoms with E-state index in [2.05, 4.69) is 16.8 Å². The Kier molecular flexibility index (Phi) is 6.39. The van der Waals surface area contributed by atoms with Gasteiger partial charge in [0.1, 0.15) is 0 Å². The summed E-state index contributed by atoms with van der Waals surface area (Å²) in [7, 11) is 0. The van der Waals surface area contributed by atoms with Gasteiger partial charge in [0.05, 0.1) is 5.00 Å². The van der Waals surface area contributed by atoms with Crippen molar-refractivity contribution < 1.29 is 9.47 Å². The van der Waals surface area contributed by atoms with Crippen LogP contribution >= 0.6 is 11.3 Å². The lowest BCUT2D eigenvalue weighted by Crippen LogP contribution is -2.20. The molecular weight excluding hydrogens is 210 g/mol. The molecular formula is C11H19NO2S. The second-order valence-corrected chi connectivity index (χ2v) is 3.98. The zero-order chi connectivity index (χ0) is 10.9. The molecule has 0 aliphatic carbocycles. The number of hydrogen-bond donors (Lipinski definition) is 1. The molecule has 0 atom stereocenters. The number of thiophene rings is 1. The predicted octanol–water partition coefficient (Wildman–Crippen LogP) is 2.95. The molecule has 0 saturated heterocycles. The van der Waals surface area contributed by atoms with Crippen molar-refractivity contribution in [3.05, 3.63) is 17.5 Å². The molecule has 0 aliphatic heterocycles. The Bertz CT molecular complexity index is 233. The van der Waals surface area contributed by atoms with E-state index in [1.807, 2.05) is 19.9 Å². The SMILES string of the molecule is CCOC(CCNc1cccs1)OCC. The summed E-state index contributed by atoms with van der Waals surface area (Å²) >= 11 is 1.71. The summed E-state index contributed by atoms with van der Waals surface area (Å²) in [5.74, 6) is 0. The van der Waals surface area contributed by atoms with Crippen LogP contribution in [0.1, 0.15) is 20.3 Å². The maximum atomic E-state index is 5.44. The van der Waals surface area contributed by atoms with Crippen LogP contribution in [0.25, 0.3) is 0 Å². The monoisotopic (exact) mass is 229 g/mol. The molecule has 0 saturated carbocycles. The van der Waals surface area contributed by atoms with E-state index < -0.39 is 0 Å². The van der Waals surface area contributed by atoms with Crippen LogP contribution in [0.15, 0.2) is 17.5 Å². The molecule has 1 N–H and O–H groups in total. The minimum absolute atomic E-state index is 0.0764. The number of ether oxygens (including phenoxy) is 2. The molecule has 0 bridgehead atoms. The number of nitrogens with one attached hydrogen (secondary N) is 1. The van der Waals surface area contributed by atoms with Gasteiger partial charge in [-0.2, -0.15) is 0 Å². The van der Waals surface area contributed by atoms with Gasteiger partial charge in [-0.3, -0.25) is 0 Å². The highest BCUT2D eigenvalue weighted by atomic mass is 32.1. The van der Waals surface area contributed by atoms with Gasteiger partial charge >= 0.3 is 0 Å². The molecule has 0 aromatic carbocycles. The fraction of sp³-hybridized carbons (Fsp3) is 0.636. The molecule has 1 heterocycles. The lowest BCUT2D eigenvalue weighted by atomic mass is 10.4. The van der Waals surface area contributed by atoms with Crippen molar-refractivity contribution in [2.45, 2.75) is 26.6 Å². The van der Waals surface area contributed by atoms with E-state index in [1.54, 1.807) is 11.3 Å². The molecule has 0 aliphatic rings. The largest absolute Gasteiger partial charge is 0.377 e. The lowest BCUT2D eigenvalue weighted by Gasteiger charge is -2.16. The highest BCUT2D eigenvalue weighted by Crippen LogP contribution is 2.15. The van der Waals surface area contributed by atoms with E-state index in [4.69, 9.17) is 9.47 Å². The number of anilines is 1. The smallest absolute Gasteiger partial charge is 0.159 e. The van der Waals surface area contributed by atoms with Gasteiger partial charge < -0.3 is 14.8 Å². The second kappa shape index (κ2) is 7.68. The van der Waals surface area contributed by atoms with Crippen LogP contribution in [0.3, 0.4) is 0 Å². The average Bonchev–Trinajstić information content (AvgIpc) is 2.71. The maximum Gasteiger partial charge on any atom is 0.159 e. The summed E-state index contributed by atoms with van der Waals surface area (Å²) in [4.78, 5) is 0. The van der Waals surface area contributed by atoms with Crippen molar-refractivity contribution in [2.24, 2.45) is 0 Å². The molecule has 0 spiro atoms. The summed E-state index contributed by atoms with van der Waals surface area (Å²) in [6, 6.07) is 4.11. The van der Waals surface area contributed by atoms with Crippen LogP contribution in [0.5, 0.6) is 0 Å². The van der Waals surface area contributed by atoms with E-state index in [0.29, 0.717) is 13.2 Å². The first-order chi connectivity index (χ1) is 7.36. The molecule has 15 heavy (non-hydrogen) atoms. The van der Waals surface area contributed by atoms with Crippen LogP contribution in [-0.2, 0) is 9.47 Å². The Hall–Kier alpha value is -0.580. The first kappa shape index (κ1) is 12.5. The fourth-order valence-electron chi connectivity index (χ4n) is 1.28. The predicted molar refractivity (Wildman–Crippen MR) is 64.5 cm³/mol. The Morgan fingerprint density at radius 3 is 2.60 bits per heavy atom. The van der Waals surface area contributed by atoms with Gasteiger partial charge in [-0.25, -0.2) is 0 Å². The average molecular weight is 229 g/mol. The van der Waals surface area contributed by atoms with Gasteiger partial charge in [-0.15, -0.1) is 11.3 Å². The van der Waals surface area contributed by atoms with Gasteiger partial charge in [-0.1, -0.05) is 0 Å². The van der Waals surface area contributed by atoms with Crippen LogP contribution in [-0.4, -0.2) is 26.0 Å². The number of hydrogen-bond acceptors (Lipinski definition) is 4. The molecule has 1 aromatic heterocycles. The summed E-state index contributed by atoms with van der Waals surface area (Å²) in [5.41, 5.74) is 0. The van der Waals surface area contributed by atoms with Crippen LogP contribution in [0.4, 0.5) is 5.00 Å². The first-order valence-electron chi connectivity index (χ1n) is 5.37. The third kappa shape index (κ3) is 5.16. The Labute approximate surface area is 95.4 Å². The van der Waals surface area contributed by atoms with Crippen molar-refractivity contribution in [1.29, 1.82) is 0 Å². The highest BCUT2D eigenvalue weighted by Gasteiger charge is 2.06. The van der Waals surface area contributed by atoms with E-state index in [-0.39, 0.29) is 6.29 Å². The fourth-order valence-corrected chi connectivity index (χ4v) is 1.93. The third-order valence-electron chi connectivity index (χ3n) is 1.91. The molecule has 0 fully saturated rings. The molecule has 0 radical (unpaired) electrons. The Morgan fingerprint density at radius 1 is 1.33 bits per heavy atom. The lowest BCUT2D eigenvalue weighted by molar-refractivity contribution is -0.137. The molecule has 4 heteroatoms. The van der Waals surface area contributed by atoms with E-state index in [0.717, 1.165) is 13.0 Å². The van der Waals surface area contributed by atoms with Crippen LogP contribution in [0, 0.1) is 0 Å². The van der Waals surface area contributed by atoms with Gasteiger partial charge in [-0.05, 0) is 31.4 Å². The first-order valence-corrected chi connectivity index (χ1v) is 6.25. The van der Waals surface area contributed by atoms with Crippen molar-refractivity contribution in [3.63, 3.8) is 0 Å². The Morgan fingerprint density at radius 2 is 2.07 bits per heavy atom. The molecule has 0 amide bonds. The van der Waals surface area contributed by atoms with E-state index in [9.17, 15) is 0 Å². The zero-order valence-corrected chi connectivity index (χ0v) is 10.2. The van der Waals surface area contributed by atoms with Crippen LogP contribution < -0.4 is 5.32 Å².